The molecule has 0 amide bonds. The van der Waals surface area contributed by atoms with Gasteiger partial charge in [0.25, 0.3) is 0 Å². The van der Waals surface area contributed by atoms with Crippen LogP contribution < -0.4 is 10.5 Å². The molecule has 0 radical (unpaired) electrons. The van der Waals surface area contributed by atoms with E-state index >= 15 is 0 Å². The summed E-state index contributed by atoms with van der Waals surface area (Å²) in [5, 5.41) is 8.70. The molecule has 2 rings (SSSR count). The summed E-state index contributed by atoms with van der Waals surface area (Å²) in [6, 6.07) is 8.10. The fourth-order valence-electron chi connectivity index (χ4n) is 1.72. The summed E-state index contributed by atoms with van der Waals surface area (Å²) in [6.45, 7) is 2.71. The molecule has 0 saturated heterocycles. The molecule has 0 atom stereocenters. The molecule has 0 saturated carbocycles. The van der Waals surface area contributed by atoms with E-state index in [0.29, 0.717) is 11.7 Å². The third kappa shape index (κ3) is 3.52. The molecule has 0 spiro atoms. The summed E-state index contributed by atoms with van der Waals surface area (Å²) in [5.41, 5.74) is 2.44. The Morgan fingerprint density at radius 3 is 2.58 bits per heavy atom. The summed E-state index contributed by atoms with van der Waals surface area (Å²) in [6.07, 6.45) is 2.23. The van der Waals surface area contributed by atoms with E-state index in [0.717, 1.165) is 17.8 Å². The molecular weight excluding hydrogens is 282 g/mol. The molecule has 19 heavy (non-hydrogen) atoms. The molecule has 1 aromatic carbocycles. The van der Waals surface area contributed by atoms with Crippen LogP contribution in [0.1, 0.15) is 18.1 Å². The average molecular weight is 297 g/mol. The van der Waals surface area contributed by atoms with Gasteiger partial charge in [0.2, 0.25) is 10.0 Å². The Morgan fingerprint density at radius 1 is 1.32 bits per heavy atom. The first-order valence-electron chi connectivity index (χ1n) is 5.80. The normalized spacial score (nSPS) is 11.5. The van der Waals surface area contributed by atoms with Gasteiger partial charge in [0.15, 0.2) is 9.34 Å². The first-order chi connectivity index (χ1) is 9.00. The number of aromatic nitrogens is 1. The second-order valence-electron chi connectivity index (χ2n) is 4.01. The molecule has 0 aliphatic heterocycles. The second-order valence-corrected chi connectivity index (χ2v) is 6.82. The summed E-state index contributed by atoms with van der Waals surface area (Å²) in [5.74, 6) is 0. The Kier molecular flexibility index (Phi) is 4.18. The molecular formula is C12H15N3O2S2. The molecule has 102 valence electrons. The van der Waals surface area contributed by atoms with Crippen molar-refractivity contribution < 1.29 is 8.42 Å². The van der Waals surface area contributed by atoms with Gasteiger partial charge in [-0.2, -0.15) is 0 Å². The van der Waals surface area contributed by atoms with Crippen molar-refractivity contribution in [3.63, 3.8) is 0 Å². The van der Waals surface area contributed by atoms with Crippen LogP contribution in [0.5, 0.6) is 0 Å². The molecule has 5 nitrogen and oxygen atoms in total. The second kappa shape index (κ2) is 5.68. The maximum absolute atomic E-state index is 11.1. The van der Waals surface area contributed by atoms with E-state index in [2.05, 4.69) is 23.3 Å². The van der Waals surface area contributed by atoms with Crippen LogP contribution in [0, 0.1) is 0 Å². The minimum absolute atomic E-state index is 0.0683. The summed E-state index contributed by atoms with van der Waals surface area (Å²) < 4.78 is 22.4. The predicted octanol–water partition coefficient (Wildman–Crippen LogP) is 1.97. The number of benzene rings is 1. The average Bonchev–Trinajstić information content (AvgIpc) is 2.85. The van der Waals surface area contributed by atoms with Crippen LogP contribution in [-0.4, -0.2) is 13.4 Å². The minimum Gasteiger partial charge on any atom is -0.357 e. The molecule has 3 N–H and O–H groups in total. The van der Waals surface area contributed by atoms with Crippen LogP contribution in [0.15, 0.2) is 34.7 Å². The highest BCUT2D eigenvalue weighted by molar-refractivity contribution is 7.91. The number of nitrogens with one attached hydrogen (secondary N) is 1. The quantitative estimate of drug-likeness (QED) is 0.883. The fraction of sp³-hybridized carbons (Fsp3) is 0.250. The van der Waals surface area contributed by atoms with Gasteiger partial charge in [0.1, 0.15) is 0 Å². The largest absolute Gasteiger partial charge is 0.357 e. The van der Waals surface area contributed by atoms with Gasteiger partial charge in [-0.15, -0.1) is 0 Å². The monoisotopic (exact) mass is 297 g/mol. The predicted molar refractivity (Wildman–Crippen MR) is 76.6 cm³/mol. The van der Waals surface area contributed by atoms with Gasteiger partial charge in [-0.1, -0.05) is 42.5 Å². The number of nitrogens with two attached hydrogens (primary N) is 1. The Morgan fingerprint density at radius 2 is 2.00 bits per heavy atom. The summed E-state index contributed by atoms with van der Waals surface area (Å²) >= 11 is 1.04. The molecule has 1 heterocycles. The van der Waals surface area contributed by atoms with Gasteiger partial charge in [0, 0.05) is 6.54 Å². The first-order valence-corrected chi connectivity index (χ1v) is 8.16. The number of hydrogen-bond acceptors (Lipinski definition) is 5. The van der Waals surface area contributed by atoms with Crippen molar-refractivity contribution in [1.29, 1.82) is 0 Å². The molecule has 1 aromatic heterocycles. The SMILES string of the molecule is CCc1ccccc1CNc1ncc(S(N)(=O)=O)s1. The van der Waals surface area contributed by atoms with Crippen LogP contribution >= 0.6 is 11.3 Å². The first kappa shape index (κ1) is 14.0. The van der Waals surface area contributed by atoms with Crippen molar-refractivity contribution in [2.24, 2.45) is 5.14 Å². The number of primary sulfonamides is 1. The highest BCUT2D eigenvalue weighted by Crippen LogP contribution is 2.22. The number of anilines is 1. The summed E-state index contributed by atoms with van der Waals surface area (Å²) in [7, 11) is -3.66. The van der Waals surface area contributed by atoms with Gasteiger partial charge >= 0.3 is 0 Å². The zero-order chi connectivity index (χ0) is 13.9. The Hall–Kier alpha value is -1.44. The van der Waals surface area contributed by atoms with Crippen LogP contribution in [0.4, 0.5) is 5.13 Å². The van der Waals surface area contributed by atoms with Crippen molar-refractivity contribution in [2.45, 2.75) is 24.1 Å². The van der Waals surface area contributed by atoms with E-state index in [1.807, 2.05) is 18.2 Å². The van der Waals surface area contributed by atoms with E-state index < -0.39 is 10.0 Å². The lowest BCUT2D eigenvalue weighted by atomic mass is 10.1. The van der Waals surface area contributed by atoms with Crippen molar-refractivity contribution in [2.75, 3.05) is 5.32 Å². The smallest absolute Gasteiger partial charge is 0.249 e. The van der Waals surface area contributed by atoms with E-state index in [9.17, 15) is 8.42 Å². The van der Waals surface area contributed by atoms with Crippen LogP contribution in [-0.2, 0) is 23.0 Å². The number of rotatable bonds is 5. The highest BCUT2D eigenvalue weighted by atomic mass is 32.2. The molecule has 0 aliphatic rings. The lowest BCUT2D eigenvalue weighted by Crippen LogP contribution is -2.09. The van der Waals surface area contributed by atoms with Crippen molar-refractivity contribution in [1.82, 2.24) is 4.98 Å². The standard InChI is InChI=1S/C12H15N3O2S2/c1-2-9-5-3-4-6-10(9)7-14-12-15-8-11(18-12)19(13,16)17/h3-6,8H,2,7H2,1H3,(H,14,15)(H2,13,16,17). The van der Waals surface area contributed by atoms with Crippen molar-refractivity contribution in [3.8, 4) is 0 Å². The highest BCUT2D eigenvalue weighted by Gasteiger charge is 2.12. The molecule has 0 unspecified atom stereocenters. The molecule has 0 aliphatic carbocycles. The fourth-order valence-corrected chi connectivity index (χ4v) is 3.17. The van der Waals surface area contributed by atoms with Crippen LogP contribution in [0.25, 0.3) is 0 Å². The third-order valence-electron chi connectivity index (χ3n) is 2.69. The van der Waals surface area contributed by atoms with Crippen molar-refractivity contribution >= 4 is 26.5 Å². The summed E-state index contributed by atoms with van der Waals surface area (Å²) in [4.78, 5) is 4.00. The number of nitrogens with zero attached hydrogens (tertiary/aromatic N) is 1. The molecule has 0 bridgehead atoms. The van der Waals surface area contributed by atoms with Gasteiger partial charge in [-0.25, -0.2) is 18.5 Å². The lowest BCUT2D eigenvalue weighted by Gasteiger charge is -2.07. The lowest BCUT2D eigenvalue weighted by molar-refractivity contribution is 0.599. The van der Waals surface area contributed by atoms with Gasteiger partial charge in [-0.3, -0.25) is 0 Å². The zero-order valence-electron chi connectivity index (χ0n) is 10.5. The topological polar surface area (TPSA) is 85.1 Å². The minimum atomic E-state index is -3.66. The van der Waals surface area contributed by atoms with Gasteiger partial charge < -0.3 is 5.32 Å². The van der Waals surface area contributed by atoms with Crippen LogP contribution in [0.2, 0.25) is 0 Å². The van der Waals surface area contributed by atoms with Gasteiger partial charge in [0.05, 0.1) is 6.20 Å². The van der Waals surface area contributed by atoms with E-state index in [1.165, 1.54) is 17.3 Å². The number of sulfonamides is 1. The molecule has 0 fully saturated rings. The number of thiazole rings is 1. The maximum Gasteiger partial charge on any atom is 0.249 e. The van der Waals surface area contributed by atoms with Gasteiger partial charge in [-0.05, 0) is 17.5 Å². The Balaban J connectivity index is 2.09. The molecule has 7 heteroatoms. The zero-order valence-corrected chi connectivity index (χ0v) is 12.1. The number of hydrogen-bond donors (Lipinski definition) is 2. The van der Waals surface area contributed by atoms with E-state index in [4.69, 9.17) is 5.14 Å². The Labute approximate surface area is 116 Å². The van der Waals surface area contributed by atoms with Crippen LogP contribution in [0.3, 0.4) is 0 Å². The maximum atomic E-state index is 11.1. The third-order valence-corrected chi connectivity index (χ3v) is 5.06. The van der Waals surface area contributed by atoms with E-state index in [-0.39, 0.29) is 4.21 Å². The van der Waals surface area contributed by atoms with E-state index in [1.54, 1.807) is 0 Å². The Bertz CT molecular complexity index is 665. The molecule has 2 aromatic rings. The van der Waals surface area contributed by atoms with Crippen molar-refractivity contribution in [3.05, 3.63) is 41.6 Å². The number of aryl methyl sites for hydroxylation is 1.